The molecule has 152 valence electrons. The first kappa shape index (κ1) is 20.6. The number of carboxylic acids is 1. The second-order valence-corrected chi connectivity index (χ2v) is 7.50. The van der Waals surface area contributed by atoms with Crippen LogP contribution in [0.4, 0.5) is 0 Å². The zero-order chi connectivity index (χ0) is 20.8. The molecule has 6 nitrogen and oxygen atoms in total. The Morgan fingerprint density at radius 1 is 1.10 bits per heavy atom. The van der Waals surface area contributed by atoms with Crippen LogP contribution in [0.2, 0.25) is 0 Å². The van der Waals surface area contributed by atoms with Crippen LogP contribution in [-0.2, 0) is 11.2 Å². The summed E-state index contributed by atoms with van der Waals surface area (Å²) in [6.45, 7) is 3.50. The molecule has 29 heavy (non-hydrogen) atoms. The van der Waals surface area contributed by atoms with Crippen LogP contribution in [0.1, 0.15) is 44.7 Å². The van der Waals surface area contributed by atoms with Crippen LogP contribution < -0.4 is 5.32 Å². The molecule has 1 fully saturated rings. The molecule has 3 rings (SSSR count). The van der Waals surface area contributed by atoms with Crippen molar-refractivity contribution in [2.24, 2.45) is 5.92 Å². The van der Waals surface area contributed by atoms with E-state index in [1.54, 1.807) is 23.1 Å². The Morgan fingerprint density at radius 2 is 1.86 bits per heavy atom. The number of carbonyl (C=O) groups is 3. The molecule has 2 N–H and O–H groups in total. The molecule has 1 unspecified atom stereocenters. The Morgan fingerprint density at radius 3 is 2.59 bits per heavy atom. The van der Waals surface area contributed by atoms with E-state index in [4.69, 9.17) is 5.11 Å². The zero-order valence-corrected chi connectivity index (χ0v) is 16.6. The largest absolute Gasteiger partial charge is 0.478 e. The summed E-state index contributed by atoms with van der Waals surface area (Å²) < 4.78 is 0. The number of likely N-dealkylation sites (tertiary alicyclic amines) is 1. The Bertz CT molecular complexity index is 892. The minimum atomic E-state index is -0.962. The van der Waals surface area contributed by atoms with Crippen molar-refractivity contribution in [2.45, 2.75) is 26.2 Å². The number of aryl methyl sites for hydroxylation is 1. The van der Waals surface area contributed by atoms with Crippen molar-refractivity contribution in [3.05, 3.63) is 70.8 Å². The number of amides is 2. The third kappa shape index (κ3) is 5.44. The molecule has 2 aromatic rings. The first-order chi connectivity index (χ1) is 13.9. The molecular formula is C23H26N2O4. The summed E-state index contributed by atoms with van der Waals surface area (Å²) in [7, 11) is 0. The van der Waals surface area contributed by atoms with Gasteiger partial charge in [0.2, 0.25) is 5.91 Å². The maximum absolute atomic E-state index is 12.7. The molecule has 1 atom stereocenters. The van der Waals surface area contributed by atoms with E-state index in [0.29, 0.717) is 31.6 Å². The van der Waals surface area contributed by atoms with Crippen LogP contribution in [0.15, 0.2) is 48.5 Å². The number of carboxylic acid groups (broad SMARTS) is 1. The van der Waals surface area contributed by atoms with Crippen LogP contribution in [0.5, 0.6) is 0 Å². The SMILES string of the molecule is Cc1ccc(C(=O)N2CCCC(C(=O)NCCc3cccc(C(=O)O)c3)C2)cc1. The molecule has 1 aliphatic heterocycles. The summed E-state index contributed by atoms with van der Waals surface area (Å²) in [5.41, 5.74) is 2.86. The third-order valence-electron chi connectivity index (χ3n) is 5.26. The van der Waals surface area contributed by atoms with Gasteiger partial charge in [-0.15, -0.1) is 0 Å². The maximum Gasteiger partial charge on any atom is 0.335 e. The fourth-order valence-corrected chi connectivity index (χ4v) is 3.59. The minimum absolute atomic E-state index is 0.0343. The quantitative estimate of drug-likeness (QED) is 0.789. The number of hydrogen-bond donors (Lipinski definition) is 2. The summed E-state index contributed by atoms with van der Waals surface area (Å²) in [6.07, 6.45) is 2.12. The van der Waals surface area contributed by atoms with Crippen molar-refractivity contribution in [3.63, 3.8) is 0 Å². The standard InChI is InChI=1S/C23H26N2O4/c1-16-7-9-18(10-8-16)22(27)25-13-3-6-20(15-25)21(26)24-12-11-17-4-2-5-19(14-17)23(28)29/h2,4-5,7-10,14,20H,3,6,11-13,15H2,1H3,(H,24,26)(H,28,29). The average molecular weight is 394 g/mol. The van der Waals surface area contributed by atoms with Gasteiger partial charge in [-0.2, -0.15) is 0 Å². The first-order valence-corrected chi connectivity index (χ1v) is 9.90. The topological polar surface area (TPSA) is 86.7 Å². The van der Waals surface area contributed by atoms with Gasteiger partial charge in [-0.1, -0.05) is 29.8 Å². The number of piperidine rings is 1. The molecule has 2 amide bonds. The van der Waals surface area contributed by atoms with E-state index in [1.165, 1.54) is 0 Å². The highest BCUT2D eigenvalue weighted by atomic mass is 16.4. The molecular weight excluding hydrogens is 368 g/mol. The maximum atomic E-state index is 12.7. The number of rotatable bonds is 6. The predicted molar refractivity (Wildman–Crippen MR) is 110 cm³/mol. The number of aromatic carboxylic acids is 1. The second kappa shape index (κ2) is 9.37. The summed E-state index contributed by atoms with van der Waals surface area (Å²) in [5.74, 6) is -1.27. The van der Waals surface area contributed by atoms with Crippen molar-refractivity contribution >= 4 is 17.8 Å². The summed E-state index contributed by atoms with van der Waals surface area (Å²) in [4.78, 5) is 38.1. The monoisotopic (exact) mass is 394 g/mol. The lowest BCUT2D eigenvalue weighted by Gasteiger charge is -2.32. The Kier molecular flexibility index (Phi) is 6.65. The number of carbonyl (C=O) groups excluding carboxylic acids is 2. The molecule has 1 heterocycles. The number of nitrogens with zero attached hydrogens (tertiary/aromatic N) is 1. The fourth-order valence-electron chi connectivity index (χ4n) is 3.59. The Balaban J connectivity index is 1.51. The van der Waals surface area contributed by atoms with Gasteiger partial charge in [-0.05, 0) is 56.0 Å². The van der Waals surface area contributed by atoms with Gasteiger partial charge in [-0.3, -0.25) is 9.59 Å². The fraction of sp³-hybridized carbons (Fsp3) is 0.348. The lowest BCUT2D eigenvalue weighted by Crippen LogP contribution is -2.45. The van der Waals surface area contributed by atoms with Crippen LogP contribution in [0.3, 0.4) is 0 Å². The van der Waals surface area contributed by atoms with Crippen LogP contribution in [0.25, 0.3) is 0 Å². The van der Waals surface area contributed by atoms with E-state index in [0.717, 1.165) is 24.0 Å². The molecule has 0 saturated carbocycles. The van der Waals surface area contributed by atoms with Gasteiger partial charge in [0.05, 0.1) is 11.5 Å². The number of hydrogen-bond acceptors (Lipinski definition) is 3. The predicted octanol–water partition coefficient (Wildman–Crippen LogP) is 2.90. The van der Waals surface area contributed by atoms with Gasteiger partial charge >= 0.3 is 5.97 Å². The zero-order valence-electron chi connectivity index (χ0n) is 16.6. The molecule has 0 bridgehead atoms. The molecule has 0 radical (unpaired) electrons. The average Bonchev–Trinajstić information content (AvgIpc) is 2.74. The number of benzene rings is 2. The van der Waals surface area contributed by atoms with E-state index in [9.17, 15) is 14.4 Å². The summed E-state index contributed by atoms with van der Waals surface area (Å²) in [6, 6.07) is 14.2. The van der Waals surface area contributed by atoms with Crippen LogP contribution in [-0.4, -0.2) is 47.4 Å². The summed E-state index contributed by atoms with van der Waals surface area (Å²) in [5, 5.41) is 12.0. The van der Waals surface area contributed by atoms with Gasteiger partial charge in [0, 0.05) is 25.2 Å². The molecule has 0 spiro atoms. The molecule has 0 aliphatic carbocycles. The first-order valence-electron chi connectivity index (χ1n) is 9.90. The normalized spacial score (nSPS) is 16.3. The van der Waals surface area contributed by atoms with Crippen molar-refractivity contribution in [2.75, 3.05) is 19.6 Å². The smallest absolute Gasteiger partial charge is 0.335 e. The number of nitrogens with one attached hydrogen (secondary N) is 1. The van der Waals surface area contributed by atoms with E-state index in [1.807, 2.05) is 37.3 Å². The van der Waals surface area contributed by atoms with Crippen LogP contribution >= 0.6 is 0 Å². The minimum Gasteiger partial charge on any atom is -0.478 e. The third-order valence-corrected chi connectivity index (χ3v) is 5.26. The highest BCUT2D eigenvalue weighted by Crippen LogP contribution is 2.19. The van der Waals surface area contributed by atoms with Gasteiger partial charge in [0.15, 0.2) is 0 Å². The second-order valence-electron chi connectivity index (χ2n) is 7.50. The van der Waals surface area contributed by atoms with Gasteiger partial charge in [0.1, 0.15) is 0 Å². The van der Waals surface area contributed by atoms with E-state index < -0.39 is 5.97 Å². The molecule has 6 heteroatoms. The molecule has 0 aromatic heterocycles. The van der Waals surface area contributed by atoms with Crippen molar-refractivity contribution in [1.82, 2.24) is 10.2 Å². The summed E-state index contributed by atoms with van der Waals surface area (Å²) >= 11 is 0. The Labute approximate surface area is 170 Å². The highest BCUT2D eigenvalue weighted by Gasteiger charge is 2.28. The van der Waals surface area contributed by atoms with Gasteiger partial charge < -0.3 is 15.3 Å². The molecule has 2 aromatic carbocycles. The highest BCUT2D eigenvalue weighted by molar-refractivity contribution is 5.94. The van der Waals surface area contributed by atoms with E-state index in [2.05, 4.69) is 5.32 Å². The van der Waals surface area contributed by atoms with E-state index >= 15 is 0 Å². The lowest BCUT2D eigenvalue weighted by atomic mass is 9.96. The van der Waals surface area contributed by atoms with Crippen LogP contribution in [0, 0.1) is 12.8 Å². The van der Waals surface area contributed by atoms with Crippen molar-refractivity contribution in [1.29, 1.82) is 0 Å². The van der Waals surface area contributed by atoms with Gasteiger partial charge in [-0.25, -0.2) is 4.79 Å². The lowest BCUT2D eigenvalue weighted by molar-refractivity contribution is -0.126. The van der Waals surface area contributed by atoms with Crippen molar-refractivity contribution in [3.8, 4) is 0 Å². The van der Waals surface area contributed by atoms with Gasteiger partial charge in [0.25, 0.3) is 5.91 Å². The molecule has 1 aliphatic rings. The van der Waals surface area contributed by atoms with Crippen molar-refractivity contribution < 1.29 is 19.5 Å². The Hall–Kier alpha value is -3.15. The molecule has 1 saturated heterocycles. The van der Waals surface area contributed by atoms with E-state index in [-0.39, 0.29) is 23.3 Å².